The molecule has 2 aromatic rings. The molecule has 0 bridgehead atoms. The van der Waals surface area contributed by atoms with E-state index >= 15 is 0 Å². The van der Waals surface area contributed by atoms with Crippen LogP contribution in [0.4, 0.5) is 11.8 Å². The Kier molecular flexibility index (Phi) is 4.21. The molecule has 0 amide bonds. The standard InChI is InChI=1S/C15H21N7O/c1-4-5-8-22-11-12(20(3)15(22)23)18-14(16-2)19-13(11)21-9-6-17-7-10-21/h17H,6-10H2,1-3H3,(H,16,18,19). The number of hydrogen-bond acceptors (Lipinski definition) is 6. The molecule has 3 rings (SSSR count). The summed E-state index contributed by atoms with van der Waals surface area (Å²) in [6.07, 6.45) is 0. The highest BCUT2D eigenvalue weighted by atomic mass is 16.1. The molecule has 8 heteroatoms. The largest absolute Gasteiger partial charge is 0.357 e. The molecular formula is C15H21N7O. The maximum Gasteiger partial charge on any atom is 0.331 e. The molecule has 3 heterocycles. The van der Waals surface area contributed by atoms with Crippen LogP contribution in [0.3, 0.4) is 0 Å². The summed E-state index contributed by atoms with van der Waals surface area (Å²) >= 11 is 0. The van der Waals surface area contributed by atoms with Crippen LogP contribution in [0.1, 0.15) is 6.92 Å². The normalized spacial score (nSPS) is 14.7. The van der Waals surface area contributed by atoms with Gasteiger partial charge in [0.15, 0.2) is 11.5 Å². The van der Waals surface area contributed by atoms with Crippen molar-refractivity contribution in [3.05, 3.63) is 10.5 Å². The lowest BCUT2D eigenvalue weighted by molar-refractivity contribution is 0.585. The number of nitrogens with zero attached hydrogens (tertiary/aromatic N) is 5. The third-order valence-corrected chi connectivity index (χ3v) is 4.01. The van der Waals surface area contributed by atoms with Gasteiger partial charge in [-0.2, -0.15) is 9.97 Å². The zero-order valence-corrected chi connectivity index (χ0v) is 13.7. The van der Waals surface area contributed by atoms with Gasteiger partial charge in [0.2, 0.25) is 5.95 Å². The molecule has 0 radical (unpaired) electrons. The van der Waals surface area contributed by atoms with Crippen molar-refractivity contribution in [3.63, 3.8) is 0 Å². The minimum atomic E-state index is -0.123. The second-order valence-corrected chi connectivity index (χ2v) is 5.38. The Balaban J connectivity index is 2.27. The van der Waals surface area contributed by atoms with E-state index in [0.29, 0.717) is 18.1 Å². The van der Waals surface area contributed by atoms with E-state index < -0.39 is 0 Å². The minimum absolute atomic E-state index is 0.123. The highest BCUT2D eigenvalue weighted by molar-refractivity contribution is 5.86. The van der Waals surface area contributed by atoms with Crippen LogP contribution in [0.2, 0.25) is 0 Å². The third-order valence-electron chi connectivity index (χ3n) is 4.01. The molecule has 0 aliphatic carbocycles. The molecule has 23 heavy (non-hydrogen) atoms. The van der Waals surface area contributed by atoms with Gasteiger partial charge in [0.1, 0.15) is 5.52 Å². The van der Waals surface area contributed by atoms with Crippen molar-refractivity contribution in [1.82, 2.24) is 24.4 Å². The average molecular weight is 315 g/mol. The Morgan fingerprint density at radius 1 is 1.30 bits per heavy atom. The molecule has 1 saturated heterocycles. The van der Waals surface area contributed by atoms with Crippen molar-refractivity contribution in [2.75, 3.05) is 43.4 Å². The van der Waals surface area contributed by atoms with Crippen molar-refractivity contribution in [2.24, 2.45) is 7.05 Å². The van der Waals surface area contributed by atoms with Crippen molar-refractivity contribution < 1.29 is 0 Å². The fourth-order valence-electron chi connectivity index (χ4n) is 2.79. The van der Waals surface area contributed by atoms with Crippen LogP contribution < -0.4 is 21.2 Å². The van der Waals surface area contributed by atoms with Crippen LogP contribution in [0.5, 0.6) is 0 Å². The lowest BCUT2D eigenvalue weighted by Gasteiger charge is -2.29. The van der Waals surface area contributed by atoms with Gasteiger partial charge in [-0.15, -0.1) is 5.92 Å². The van der Waals surface area contributed by atoms with Crippen molar-refractivity contribution in [2.45, 2.75) is 13.5 Å². The number of piperazine rings is 1. The van der Waals surface area contributed by atoms with Crippen LogP contribution in [-0.2, 0) is 13.6 Å². The first-order valence-electron chi connectivity index (χ1n) is 7.67. The van der Waals surface area contributed by atoms with Crippen LogP contribution in [0.25, 0.3) is 11.2 Å². The number of anilines is 2. The van der Waals surface area contributed by atoms with Gasteiger partial charge in [-0.3, -0.25) is 9.13 Å². The molecule has 8 nitrogen and oxygen atoms in total. The number of aryl methyl sites for hydroxylation is 1. The summed E-state index contributed by atoms with van der Waals surface area (Å²) in [6, 6.07) is 0. The van der Waals surface area contributed by atoms with Gasteiger partial charge in [-0.25, -0.2) is 4.79 Å². The Hall–Kier alpha value is -2.53. The lowest BCUT2D eigenvalue weighted by atomic mass is 10.3. The van der Waals surface area contributed by atoms with E-state index in [-0.39, 0.29) is 5.69 Å². The SMILES string of the molecule is CC#CCn1c(=O)n(C)c2nc(NC)nc(N3CCNCC3)c21. The molecular weight excluding hydrogens is 294 g/mol. The second kappa shape index (κ2) is 6.30. The highest BCUT2D eigenvalue weighted by Crippen LogP contribution is 2.25. The predicted molar refractivity (Wildman–Crippen MR) is 90.8 cm³/mol. The van der Waals surface area contributed by atoms with Gasteiger partial charge in [0, 0.05) is 40.3 Å². The first-order chi connectivity index (χ1) is 11.2. The molecule has 2 aromatic heterocycles. The average Bonchev–Trinajstić information content (AvgIpc) is 2.84. The van der Waals surface area contributed by atoms with Gasteiger partial charge in [0.25, 0.3) is 0 Å². The smallest absolute Gasteiger partial charge is 0.331 e. The van der Waals surface area contributed by atoms with Crippen molar-refractivity contribution in [1.29, 1.82) is 0 Å². The van der Waals surface area contributed by atoms with Crippen LogP contribution in [0.15, 0.2) is 4.79 Å². The summed E-state index contributed by atoms with van der Waals surface area (Å²) in [5.41, 5.74) is 1.25. The highest BCUT2D eigenvalue weighted by Gasteiger charge is 2.22. The van der Waals surface area contributed by atoms with E-state index in [0.717, 1.165) is 37.5 Å². The van der Waals surface area contributed by atoms with Gasteiger partial charge < -0.3 is 15.5 Å². The zero-order chi connectivity index (χ0) is 16.4. The summed E-state index contributed by atoms with van der Waals surface area (Å²) in [6.45, 7) is 5.59. The summed E-state index contributed by atoms with van der Waals surface area (Å²) < 4.78 is 3.21. The van der Waals surface area contributed by atoms with Crippen molar-refractivity contribution in [3.8, 4) is 11.8 Å². The molecule has 0 saturated carbocycles. The molecule has 0 atom stereocenters. The van der Waals surface area contributed by atoms with E-state index in [2.05, 4.69) is 37.3 Å². The van der Waals surface area contributed by atoms with Gasteiger partial charge in [0.05, 0.1) is 6.54 Å². The topological polar surface area (TPSA) is 80.0 Å². The summed E-state index contributed by atoms with van der Waals surface area (Å²) in [5.74, 6) is 7.11. The lowest BCUT2D eigenvalue weighted by Crippen LogP contribution is -2.44. The zero-order valence-electron chi connectivity index (χ0n) is 13.7. The quantitative estimate of drug-likeness (QED) is 0.751. The predicted octanol–water partition coefficient (Wildman–Crippen LogP) is -0.395. The Morgan fingerprint density at radius 3 is 2.70 bits per heavy atom. The first kappa shape index (κ1) is 15.4. The Labute approximate surface area is 134 Å². The monoisotopic (exact) mass is 315 g/mol. The maximum atomic E-state index is 12.6. The number of nitrogens with one attached hydrogen (secondary N) is 2. The van der Waals surface area contributed by atoms with Gasteiger partial charge >= 0.3 is 5.69 Å². The van der Waals surface area contributed by atoms with Gasteiger partial charge in [-0.1, -0.05) is 5.92 Å². The fraction of sp³-hybridized carbons (Fsp3) is 0.533. The molecule has 1 fully saturated rings. The molecule has 2 N–H and O–H groups in total. The van der Waals surface area contributed by atoms with Crippen molar-refractivity contribution >= 4 is 22.9 Å². The maximum absolute atomic E-state index is 12.6. The fourth-order valence-corrected chi connectivity index (χ4v) is 2.79. The van der Waals surface area contributed by atoms with E-state index in [1.54, 1.807) is 30.2 Å². The van der Waals surface area contributed by atoms with E-state index in [1.165, 1.54) is 0 Å². The molecule has 0 spiro atoms. The van der Waals surface area contributed by atoms with Gasteiger partial charge in [-0.05, 0) is 6.92 Å². The van der Waals surface area contributed by atoms with E-state index in [9.17, 15) is 4.79 Å². The Bertz CT molecular complexity index is 833. The minimum Gasteiger partial charge on any atom is -0.357 e. The third kappa shape index (κ3) is 2.64. The molecule has 1 aliphatic rings. The van der Waals surface area contributed by atoms with Crippen LogP contribution in [0, 0.1) is 11.8 Å². The second-order valence-electron chi connectivity index (χ2n) is 5.38. The van der Waals surface area contributed by atoms with Crippen LogP contribution >= 0.6 is 0 Å². The van der Waals surface area contributed by atoms with E-state index in [4.69, 9.17) is 0 Å². The number of rotatable bonds is 3. The summed E-state index contributed by atoms with van der Waals surface area (Å²) in [5, 5.41) is 6.31. The Morgan fingerprint density at radius 2 is 2.04 bits per heavy atom. The summed E-state index contributed by atoms with van der Waals surface area (Å²) in [7, 11) is 3.51. The molecule has 122 valence electrons. The van der Waals surface area contributed by atoms with Crippen LogP contribution in [-0.4, -0.2) is 52.3 Å². The number of imidazole rings is 1. The number of fused-ring (bicyclic) bond motifs is 1. The molecule has 0 unspecified atom stereocenters. The number of aromatic nitrogens is 4. The number of hydrogen-bond donors (Lipinski definition) is 2. The molecule has 1 aliphatic heterocycles. The summed E-state index contributed by atoms with van der Waals surface area (Å²) in [4.78, 5) is 23.8. The van der Waals surface area contributed by atoms with E-state index in [1.807, 2.05) is 0 Å². The molecule has 0 aromatic carbocycles. The first-order valence-corrected chi connectivity index (χ1v) is 7.67.